The minimum atomic E-state index is -1.07. The number of ether oxygens (including phenoxy) is 1. The molecular weight excluding hydrogens is 378 g/mol. The van der Waals surface area contributed by atoms with Gasteiger partial charge in [0, 0.05) is 43.9 Å². The Labute approximate surface area is 167 Å². The normalized spacial score (nSPS) is 11.2. The van der Waals surface area contributed by atoms with E-state index in [9.17, 15) is 24.5 Å². The molecule has 0 saturated carbocycles. The summed E-state index contributed by atoms with van der Waals surface area (Å²) in [5, 5.41) is 13.2. The standard InChI is InChI=1S/C20H21N3O6/c1-22(2)20(26)18(14-6-4-3-5-7-14)29-17(24)12-13-21-19(25)15-8-10-16(11-9-15)23(27)28/h3-11,18H,12-13H2,1-2H3,(H,21,25)/t18-/m0/s1. The third-order valence-electron chi connectivity index (χ3n) is 3.97. The molecule has 0 fully saturated rings. The molecule has 0 saturated heterocycles. The van der Waals surface area contributed by atoms with Gasteiger partial charge in [-0.3, -0.25) is 24.5 Å². The summed E-state index contributed by atoms with van der Waals surface area (Å²) in [6, 6.07) is 13.7. The van der Waals surface area contributed by atoms with Crippen molar-refractivity contribution in [3.63, 3.8) is 0 Å². The van der Waals surface area contributed by atoms with Gasteiger partial charge in [0.2, 0.25) is 6.10 Å². The first-order valence-electron chi connectivity index (χ1n) is 8.78. The van der Waals surface area contributed by atoms with Gasteiger partial charge in [0.25, 0.3) is 17.5 Å². The average molecular weight is 399 g/mol. The summed E-state index contributed by atoms with van der Waals surface area (Å²) in [6.45, 7) is -0.00762. The van der Waals surface area contributed by atoms with Crippen molar-refractivity contribution < 1.29 is 24.0 Å². The zero-order chi connectivity index (χ0) is 21.4. The Kier molecular flexibility index (Phi) is 7.41. The Hall–Kier alpha value is -3.75. The molecule has 9 heteroatoms. The average Bonchev–Trinajstić information content (AvgIpc) is 2.72. The topological polar surface area (TPSA) is 119 Å². The van der Waals surface area contributed by atoms with Crippen molar-refractivity contribution in [1.29, 1.82) is 0 Å². The number of nitrogens with one attached hydrogen (secondary N) is 1. The molecule has 0 aliphatic heterocycles. The highest BCUT2D eigenvalue weighted by Gasteiger charge is 2.26. The van der Waals surface area contributed by atoms with Crippen molar-refractivity contribution in [3.05, 3.63) is 75.8 Å². The van der Waals surface area contributed by atoms with E-state index >= 15 is 0 Å². The SMILES string of the molecule is CN(C)C(=O)[C@@H](OC(=O)CCNC(=O)c1ccc([N+](=O)[O-])cc1)c1ccccc1. The Morgan fingerprint density at radius 2 is 1.69 bits per heavy atom. The Morgan fingerprint density at radius 3 is 2.24 bits per heavy atom. The van der Waals surface area contributed by atoms with E-state index in [1.807, 2.05) is 0 Å². The molecule has 0 bridgehead atoms. The summed E-state index contributed by atoms with van der Waals surface area (Å²) in [4.78, 5) is 48.0. The first-order chi connectivity index (χ1) is 13.8. The number of nitrogens with zero attached hydrogens (tertiary/aromatic N) is 2. The van der Waals surface area contributed by atoms with Gasteiger partial charge in [-0.15, -0.1) is 0 Å². The number of hydrogen-bond acceptors (Lipinski definition) is 6. The van der Waals surface area contributed by atoms with E-state index in [2.05, 4.69) is 5.32 Å². The second-order valence-corrected chi connectivity index (χ2v) is 6.32. The van der Waals surface area contributed by atoms with Crippen LogP contribution in [0.15, 0.2) is 54.6 Å². The molecule has 2 amide bonds. The summed E-state index contributed by atoms with van der Waals surface area (Å²) in [5.41, 5.74) is 0.658. The second kappa shape index (κ2) is 9.98. The lowest BCUT2D eigenvalue weighted by molar-refractivity contribution is -0.384. The van der Waals surface area contributed by atoms with Crippen molar-refractivity contribution in [3.8, 4) is 0 Å². The largest absolute Gasteiger partial charge is 0.447 e. The van der Waals surface area contributed by atoms with Crippen molar-refractivity contribution >= 4 is 23.5 Å². The van der Waals surface area contributed by atoms with Crippen LogP contribution in [0.25, 0.3) is 0 Å². The van der Waals surface area contributed by atoms with Crippen molar-refractivity contribution in [1.82, 2.24) is 10.2 Å². The molecule has 1 N–H and O–H groups in total. The van der Waals surface area contributed by atoms with E-state index in [1.165, 1.54) is 29.2 Å². The van der Waals surface area contributed by atoms with E-state index in [1.54, 1.807) is 44.4 Å². The van der Waals surface area contributed by atoms with E-state index in [0.717, 1.165) is 0 Å². The van der Waals surface area contributed by atoms with Crippen LogP contribution in [0.5, 0.6) is 0 Å². The second-order valence-electron chi connectivity index (χ2n) is 6.32. The Bertz CT molecular complexity index is 881. The van der Waals surface area contributed by atoms with E-state index in [4.69, 9.17) is 4.74 Å². The number of likely N-dealkylation sites (N-methyl/N-ethyl adjacent to an activating group) is 1. The zero-order valence-electron chi connectivity index (χ0n) is 16.0. The highest BCUT2D eigenvalue weighted by atomic mass is 16.6. The lowest BCUT2D eigenvalue weighted by Gasteiger charge is -2.21. The molecular formula is C20H21N3O6. The molecule has 0 aliphatic rings. The number of rotatable bonds is 8. The summed E-state index contributed by atoms with van der Waals surface area (Å²) in [7, 11) is 3.13. The van der Waals surface area contributed by atoms with Crippen LogP contribution in [-0.4, -0.2) is 48.2 Å². The maximum atomic E-state index is 12.4. The van der Waals surface area contributed by atoms with Gasteiger partial charge in [-0.1, -0.05) is 30.3 Å². The van der Waals surface area contributed by atoms with Crippen molar-refractivity contribution in [2.45, 2.75) is 12.5 Å². The number of amides is 2. The van der Waals surface area contributed by atoms with Gasteiger partial charge in [-0.05, 0) is 12.1 Å². The number of non-ortho nitro benzene ring substituents is 1. The monoisotopic (exact) mass is 399 g/mol. The van der Waals surface area contributed by atoms with Crippen LogP contribution in [0.3, 0.4) is 0 Å². The fraction of sp³-hybridized carbons (Fsp3) is 0.250. The maximum absolute atomic E-state index is 12.4. The Morgan fingerprint density at radius 1 is 1.07 bits per heavy atom. The van der Waals surface area contributed by atoms with Gasteiger partial charge in [-0.2, -0.15) is 0 Å². The number of carbonyl (C=O) groups is 3. The number of carbonyl (C=O) groups excluding carboxylic acids is 3. The maximum Gasteiger partial charge on any atom is 0.308 e. The molecule has 0 aliphatic carbocycles. The number of hydrogen-bond donors (Lipinski definition) is 1. The summed E-state index contributed by atoms with van der Waals surface area (Å²) in [6.07, 6.45) is -1.20. The number of benzene rings is 2. The van der Waals surface area contributed by atoms with Crippen LogP contribution in [-0.2, 0) is 14.3 Å². The van der Waals surface area contributed by atoms with Gasteiger partial charge in [0.05, 0.1) is 11.3 Å². The van der Waals surface area contributed by atoms with Gasteiger partial charge in [-0.25, -0.2) is 0 Å². The molecule has 2 aromatic carbocycles. The fourth-order valence-corrected chi connectivity index (χ4v) is 2.43. The molecule has 0 unspecified atom stereocenters. The molecule has 0 spiro atoms. The van der Waals surface area contributed by atoms with Gasteiger partial charge in [0.15, 0.2) is 0 Å². The van der Waals surface area contributed by atoms with Crippen LogP contribution in [0.2, 0.25) is 0 Å². The van der Waals surface area contributed by atoms with Crippen LogP contribution in [0.1, 0.15) is 28.4 Å². The molecule has 2 rings (SSSR count). The molecule has 29 heavy (non-hydrogen) atoms. The molecule has 9 nitrogen and oxygen atoms in total. The van der Waals surface area contributed by atoms with E-state index in [-0.39, 0.29) is 30.1 Å². The lowest BCUT2D eigenvalue weighted by Crippen LogP contribution is -2.32. The molecule has 0 radical (unpaired) electrons. The molecule has 0 aromatic heterocycles. The minimum Gasteiger partial charge on any atom is -0.447 e. The molecule has 1 atom stereocenters. The summed E-state index contributed by atoms with van der Waals surface area (Å²) in [5.74, 6) is -1.49. The van der Waals surface area contributed by atoms with E-state index < -0.39 is 22.9 Å². The quantitative estimate of drug-likeness (QED) is 0.412. The molecule has 152 valence electrons. The van der Waals surface area contributed by atoms with Crippen LogP contribution >= 0.6 is 0 Å². The highest BCUT2D eigenvalue weighted by molar-refractivity contribution is 5.94. The predicted octanol–water partition coefficient (Wildman–Crippen LogP) is 2.09. The van der Waals surface area contributed by atoms with Gasteiger partial charge >= 0.3 is 5.97 Å². The summed E-state index contributed by atoms with van der Waals surface area (Å²) < 4.78 is 5.33. The van der Waals surface area contributed by atoms with Gasteiger partial charge in [0.1, 0.15) is 0 Å². The van der Waals surface area contributed by atoms with Crippen molar-refractivity contribution in [2.75, 3.05) is 20.6 Å². The first-order valence-corrected chi connectivity index (χ1v) is 8.78. The van der Waals surface area contributed by atoms with Crippen LogP contribution in [0.4, 0.5) is 5.69 Å². The van der Waals surface area contributed by atoms with Crippen molar-refractivity contribution in [2.24, 2.45) is 0 Å². The number of nitro groups is 1. The Balaban J connectivity index is 1.91. The number of esters is 1. The molecule has 0 heterocycles. The van der Waals surface area contributed by atoms with Crippen LogP contribution < -0.4 is 5.32 Å². The fourth-order valence-electron chi connectivity index (χ4n) is 2.43. The third-order valence-corrected chi connectivity index (χ3v) is 3.97. The highest BCUT2D eigenvalue weighted by Crippen LogP contribution is 2.20. The predicted molar refractivity (Wildman–Crippen MR) is 104 cm³/mol. The lowest BCUT2D eigenvalue weighted by atomic mass is 10.1. The van der Waals surface area contributed by atoms with E-state index in [0.29, 0.717) is 5.56 Å². The number of nitro benzene ring substituents is 1. The smallest absolute Gasteiger partial charge is 0.308 e. The third kappa shape index (κ3) is 6.13. The molecule has 2 aromatic rings. The summed E-state index contributed by atoms with van der Waals surface area (Å²) >= 11 is 0. The van der Waals surface area contributed by atoms with Crippen LogP contribution in [0, 0.1) is 10.1 Å². The zero-order valence-corrected chi connectivity index (χ0v) is 16.0. The van der Waals surface area contributed by atoms with Gasteiger partial charge < -0.3 is 15.0 Å². The first kappa shape index (κ1) is 21.5. The minimum absolute atomic E-state index is 0.00762.